The van der Waals surface area contributed by atoms with Crippen LogP contribution in [0.5, 0.6) is 11.5 Å². The maximum atomic E-state index is 13.4. The Morgan fingerprint density at radius 1 is 1.11 bits per heavy atom. The molecule has 0 fully saturated rings. The molecule has 0 N–H and O–H groups in total. The van der Waals surface area contributed by atoms with Crippen LogP contribution in [-0.2, 0) is 0 Å². The predicted molar refractivity (Wildman–Crippen MR) is 64.5 cm³/mol. The van der Waals surface area contributed by atoms with Crippen LogP contribution in [0.2, 0.25) is 5.02 Å². The van der Waals surface area contributed by atoms with Crippen LogP contribution in [0.4, 0.5) is 14.5 Å². The number of rotatable bonds is 3. The fourth-order valence-corrected chi connectivity index (χ4v) is 1.67. The van der Waals surface area contributed by atoms with E-state index in [1.165, 1.54) is 24.3 Å². The van der Waals surface area contributed by atoms with Gasteiger partial charge in [-0.05, 0) is 24.3 Å². The Kier molecular flexibility index (Phi) is 3.62. The first-order valence-corrected chi connectivity index (χ1v) is 5.43. The smallest absolute Gasteiger partial charge is 0.329 e. The van der Waals surface area contributed by atoms with Crippen molar-refractivity contribution < 1.29 is 18.4 Å². The minimum atomic E-state index is -1.23. The number of nitro groups is 1. The highest BCUT2D eigenvalue weighted by molar-refractivity contribution is 6.32. The summed E-state index contributed by atoms with van der Waals surface area (Å²) in [5.74, 6) is -3.05. The van der Waals surface area contributed by atoms with Gasteiger partial charge in [0.25, 0.3) is 0 Å². The highest BCUT2D eigenvalue weighted by Gasteiger charge is 2.21. The van der Waals surface area contributed by atoms with Gasteiger partial charge < -0.3 is 4.74 Å². The number of hydrogen-bond donors (Lipinski definition) is 0. The van der Waals surface area contributed by atoms with Crippen LogP contribution in [0, 0.1) is 21.7 Å². The summed E-state index contributed by atoms with van der Waals surface area (Å²) in [4.78, 5) is 10.1. The van der Waals surface area contributed by atoms with Crippen molar-refractivity contribution in [1.29, 1.82) is 0 Å². The Morgan fingerprint density at radius 3 is 2.42 bits per heavy atom. The van der Waals surface area contributed by atoms with Gasteiger partial charge >= 0.3 is 5.69 Å². The second-order valence-corrected chi connectivity index (χ2v) is 3.90. The van der Waals surface area contributed by atoms with Crippen LogP contribution < -0.4 is 4.74 Å². The van der Waals surface area contributed by atoms with E-state index >= 15 is 0 Å². The molecule has 0 heterocycles. The first-order chi connectivity index (χ1) is 9.00. The van der Waals surface area contributed by atoms with E-state index in [0.717, 1.165) is 12.1 Å². The second kappa shape index (κ2) is 5.19. The summed E-state index contributed by atoms with van der Waals surface area (Å²) in [6.45, 7) is 0. The van der Waals surface area contributed by atoms with E-state index in [1.54, 1.807) is 0 Å². The summed E-state index contributed by atoms with van der Waals surface area (Å²) in [7, 11) is 0. The molecular weight excluding hydrogens is 280 g/mol. The van der Waals surface area contributed by atoms with Crippen molar-refractivity contribution in [2.75, 3.05) is 0 Å². The SMILES string of the molecule is O=[N+]([O-])c1c(Cl)cccc1Oc1cccc(F)c1F. The first-order valence-electron chi connectivity index (χ1n) is 5.05. The van der Waals surface area contributed by atoms with E-state index in [4.69, 9.17) is 16.3 Å². The maximum absolute atomic E-state index is 13.4. The molecule has 19 heavy (non-hydrogen) atoms. The highest BCUT2D eigenvalue weighted by atomic mass is 35.5. The van der Waals surface area contributed by atoms with E-state index in [0.29, 0.717) is 0 Å². The van der Waals surface area contributed by atoms with Gasteiger partial charge in [-0.1, -0.05) is 23.7 Å². The number of ether oxygens (including phenoxy) is 1. The van der Waals surface area contributed by atoms with Crippen LogP contribution in [-0.4, -0.2) is 4.92 Å². The Morgan fingerprint density at radius 2 is 1.74 bits per heavy atom. The lowest BCUT2D eigenvalue weighted by Gasteiger charge is -2.08. The van der Waals surface area contributed by atoms with Gasteiger partial charge in [-0.2, -0.15) is 4.39 Å². The normalized spacial score (nSPS) is 10.3. The van der Waals surface area contributed by atoms with E-state index in [1.807, 2.05) is 0 Å². The zero-order chi connectivity index (χ0) is 14.0. The van der Waals surface area contributed by atoms with Crippen molar-refractivity contribution in [3.63, 3.8) is 0 Å². The van der Waals surface area contributed by atoms with E-state index in [-0.39, 0.29) is 10.8 Å². The van der Waals surface area contributed by atoms with Crippen LogP contribution in [0.25, 0.3) is 0 Å². The van der Waals surface area contributed by atoms with Crippen molar-refractivity contribution in [1.82, 2.24) is 0 Å². The molecule has 0 amide bonds. The first kappa shape index (κ1) is 13.2. The van der Waals surface area contributed by atoms with E-state index in [2.05, 4.69) is 0 Å². The van der Waals surface area contributed by atoms with Crippen molar-refractivity contribution in [3.8, 4) is 11.5 Å². The molecule has 4 nitrogen and oxygen atoms in total. The third-order valence-electron chi connectivity index (χ3n) is 2.27. The van der Waals surface area contributed by atoms with Gasteiger partial charge in [0.05, 0.1) is 4.92 Å². The van der Waals surface area contributed by atoms with Gasteiger partial charge in [0, 0.05) is 0 Å². The van der Waals surface area contributed by atoms with Crippen LogP contribution >= 0.6 is 11.6 Å². The molecule has 0 bridgehead atoms. The lowest BCUT2D eigenvalue weighted by Crippen LogP contribution is -1.96. The zero-order valence-corrected chi connectivity index (χ0v) is 10.0. The lowest BCUT2D eigenvalue weighted by molar-refractivity contribution is -0.385. The Labute approximate surface area is 111 Å². The largest absolute Gasteiger partial charge is 0.447 e. The minimum Gasteiger partial charge on any atom is -0.447 e. The van der Waals surface area contributed by atoms with Gasteiger partial charge in [0.2, 0.25) is 11.6 Å². The van der Waals surface area contributed by atoms with Crippen LogP contribution in [0.3, 0.4) is 0 Å². The maximum Gasteiger partial charge on any atom is 0.329 e. The summed E-state index contributed by atoms with van der Waals surface area (Å²) in [5.41, 5.74) is -0.507. The fraction of sp³-hybridized carbons (Fsp3) is 0. The van der Waals surface area contributed by atoms with Crippen molar-refractivity contribution in [3.05, 3.63) is 63.2 Å². The van der Waals surface area contributed by atoms with Gasteiger partial charge in [0.15, 0.2) is 11.6 Å². The molecule has 98 valence electrons. The molecule has 0 saturated carbocycles. The Bertz CT molecular complexity index is 649. The van der Waals surface area contributed by atoms with Gasteiger partial charge in [-0.25, -0.2) is 4.39 Å². The molecule has 0 radical (unpaired) electrons. The molecule has 2 rings (SSSR count). The molecule has 0 aliphatic rings. The van der Waals surface area contributed by atoms with Gasteiger partial charge in [-0.3, -0.25) is 10.1 Å². The van der Waals surface area contributed by atoms with E-state index in [9.17, 15) is 18.9 Å². The third kappa shape index (κ3) is 2.63. The van der Waals surface area contributed by atoms with Crippen LogP contribution in [0.15, 0.2) is 36.4 Å². The van der Waals surface area contributed by atoms with E-state index < -0.39 is 28.0 Å². The topological polar surface area (TPSA) is 52.4 Å². The second-order valence-electron chi connectivity index (χ2n) is 3.50. The molecule has 0 atom stereocenters. The molecule has 0 spiro atoms. The average molecular weight is 286 g/mol. The fourth-order valence-electron chi connectivity index (χ4n) is 1.44. The highest BCUT2D eigenvalue weighted by Crippen LogP contribution is 2.37. The molecule has 2 aromatic rings. The number of hydrogen-bond acceptors (Lipinski definition) is 3. The number of nitro benzene ring substituents is 1. The molecule has 0 unspecified atom stereocenters. The summed E-state index contributed by atoms with van der Waals surface area (Å²) in [5, 5.41) is 10.7. The summed E-state index contributed by atoms with van der Waals surface area (Å²) < 4.78 is 31.4. The summed E-state index contributed by atoms with van der Waals surface area (Å²) in [6, 6.07) is 7.24. The molecule has 0 saturated heterocycles. The van der Waals surface area contributed by atoms with Gasteiger partial charge in [-0.15, -0.1) is 0 Å². The number of para-hydroxylation sites is 1. The monoisotopic (exact) mass is 285 g/mol. The van der Waals surface area contributed by atoms with Crippen LogP contribution in [0.1, 0.15) is 0 Å². The molecule has 2 aromatic carbocycles. The molecule has 0 aromatic heterocycles. The average Bonchev–Trinajstić information content (AvgIpc) is 2.34. The Hall–Kier alpha value is -2.21. The summed E-state index contributed by atoms with van der Waals surface area (Å²) >= 11 is 5.67. The minimum absolute atomic E-state index is 0.153. The molecule has 0 aliphatic carbocycles. The number of nitrogens with zero attached hydrogens (tertiary/aromatic N) is 1. The molecule has 7 heteroatoms. The summed E-state index contributed by atoms with van der Waals surface area (Å²) in [6.07, 6.45) is 0. The standard InChI is InChI=1S/C12H6ClF2NO3/c13-7-3-1-6-10(12(7)16(17)18)19-9-5-2-4-8(14)11(9)15/h1-6H. The lowest BCUT2D eigenvalue weighted by atomic mass is 10.3. The molecular formula is C12H6ClF2NO3. The number of halogens is 3. The van der Waals surface area contributed by atoms with Crippen molar-refractivity contribution in [2.45, 2.75) is 0 Å². The Balaban J connectivity index is 2.47. The number of benzene rings is 2. The zero-order valence-electron chi connectivity index (χ0n) is 9.27. The predicted octanol–water partition coefficient (Wildman–Crippen LogP) is 4.32. The molecule has 0 aliphatic heterocycles. The third-order valence-corrected chi connectivity index (χ3v) is 2.57. The quantitative estimate of drug-likeness (QED) is 0.623. The van der Waals surface area contributed by atoms with Crippen molar-refractivity contribution >= 4 is 17.3 Å². The van der Waals surface area contributed by atoms with Gasteiger partial charge in [0.1, 0.15) is 5.02 Å². The van der Waals surface area contributed by atoms with Crippen molar-refractivity contribution in [2.24, 2.45) is 0 Å².